The fourth-order valence-electron chi connectivity index (χ4n) is 5.36. The van der Waals surface area contributed by atoms with E-state index in [2.05, 4.69) is 25.7 Å². The number of aromatic nitrogens is 3. The molecule has 1 aromatic heterocycles. The van der Waals surface area contributed by atoms with Crippen molar-refractivity contribution >= 4 is 33.2 Å². The number of benzene rings is 2. The van der Waals surface area contributed by atoms with Crippen LogP contribution in [0.15, 0.2) is 36.5 Å². The van der Waals surface area contributed by atoms with Crippen LogP contribution in [-0.2, 0) is 15.4 Å². The predicted molar refractivity (Wildman–Crippen MR) is 168 cm³/mol. The van der Waals surface area contributed by atoms with Crippen LogP contribution in [0.5, 0.6) is 5.75 Å². The molecule has 1 fully saturated rings. The predicted octanol–water partition coefficient (Wildman–Crippen LogP) is 5.20. The Bertz CT molecular complexity index is 1600. The monoisotopic (exact) mass is 610 g/mol. The number of anilines is 2. The molecule has 43 heavy (non-hydrogen) atoms. The summed E-state index contributed by atoms with van der Waals surface area (Å²) in [5.74, 6) is -0.0601. The van der Waals surface area contributed by atoms with Crippen molar-refractivity contribution in [2.45, 2.75) is 78.2 Å². The van der Waals surface area contributed by atoms with Crippen molar-refractivity contribution in [2.24, 2.45) is 5.92 Å². The topological polar surface area (TPSA) is 144 Å². The molecule has 1 heterocycles. The molecule has 4 rings (SSSR count). The number of methoxy groups -OCH3 is 1. The van der Waals surface area contributed by atoms with Crippen LogP contribution in [0.4, 0.5) is 11.4 Å². The first-order chi connectivity index (χ1) is 20.2. The van der Waals surface area contributed by atoms with Crippen molar-refractivity contribution < 1.29 is 22.7 Å². The average molecular weight is 611 g/mol. The van der Waals surface area contributed by atoms with Crippen molar-refractivity contribution in [2.75, 3.05) is 23.4 Å². The van der Waals surface area contributed by atoms with Gasteiger partial charge in [0.05, 0.1) is 36.6 Å². The number of nitrogens with zero attached hydrogens (tertiary/aromatic N) is 3. The van der Waals surface area contributed by atoms with E-state index in [1.165, 1.54) is 31.1 Å². The van der Waals surface area contributed by atoms with Crippen molar-refractivity contribution in [1.82, 2.24) is 20.3 Å². The molecule has 0 unspecified atom stereocenters. The lowest BCUT2D eigenvalue weighted by atomic mass is 9.84. The van der Waals surface area contributed by atoms with Gasteiger partial charge in [0, 0.05) is 11.6 Å². The smallest absolute Gasteiger partial charge is 0.273 e. The lowest BCUT2D eigenvalue weighted by Crippen LogP contribution is -2.39. The molecule has 0 saturated heterocycles. The quantitative estimate of drug-likeness (QED) is 0.302. The van der Waals surface area contributed by atoms with Gasteiger partial charge in [-0.25, -0.2) is 13.1 Å². The van der Waals surface area contributed by atoms with E-state index in [4.69, 9.17) is 4.74 Å². The van der Waals surface area contributed by atoms with Crippen LogP contribution in [0.25, 0.3) is 5.69 Å². The molecular weight excluding hydrogens is 568 g/mol. The Hall–Kier alpha value is -3.93. The third-order valence-electron chi connectivity index (χ3n) is 7.86. The lowest BCUT2D eigenvalue weighted by molar-refractivity contribution is 0.0913. The molecule has 0 bridgehead atoms. The summed E-state index contributed by atoms with van der Waals surface area (Å²) in [6.07, 6.45) is 8.48. The number of carbonyl (C=O) groups excluding carboxylic acids is 2. The number of hydrogen-bond acceptors (Lipinski definition) is 7. The summed E-state index contributed by atoms with van der Waals surface area (Å²) in [6, 6.07) is 8.66. The van der Waals surface area contributed by atoms with E-state index < -0.39 is 15.9 Å². The maximum absolute atomic E-state index is 13.5. The first kappa shape index (κ1) is 32.0. The number of amides is 2. The second-order valence-electron chi connectivity index (χ2n) is 12.4. The largest absolute Gasteiger partial charge is 0.492 e. The van der Waals surface area contributed by atoms with Gasteiger partial charge in [-0.05, 0) is 73.4 Å². The molecular formula is C31H42N6O5S. The number of nitrogens with one attached hydrogen (secondary N) is 3. The summed E-state index contributed by atoms with van der Waals surface area (Å²) < 4.78 is 33.6. The Morgan fingerprint density at radius 3 is 2.35 bits per heavy atom. The Morgan fingerprint density at radius 2 is 1.72 bits per heavy atom. The van der Waals surface area contributed by atoms with Crippen LogP contribution in [0.1, 0.15) is 91.8 Å². The minimum atomic E-state index is -3.61. The zero-order chi connectivity index (χ0) is 31.5. The molecule has 3 aromatic rings. The van der Waals surface area contributed by atoms with E-state index in [1.807, 2.05) is 34.6 Å². The van der Waals surface area contributed by atoms with E-state index in [1.54, 1.807) is 36.5 Å². The fourth-order valence-corrected chi connectivity index (χ4v) is 5.91. The molecule has 1 aliphatic carbocycles. The number of rotatable bonds is 9. The third-order valence-corrected chi connectivity index (χ3v) is 8.45. The molecule has 1 saturated carbocycles. The van der Waals surface area contributed by atoms with Gasteiger partial charge < -0.3 is 15.4 Å². The molecule has 11 nitrogen and oxygen atoms in total. The van der Waals surface area contributed by atoms with Crippen LogP contribution in [0, 0.1) is 12.8 Å². The summed E-state index contributed by atoms with van der Waals surface area (Å²) in [7, 11) is -2.20. The zero-order valence-electron chi connectivity index (χ0n) is 25.9. The molecule has 12 heteroatoms. The van der Waals surface area contributed by atoms with Crippen molar-refractivity contribution in [1.29, 1.82) is 0 Å². The van der Waals surface area contributed by atoms with Crippen LogP contribution in [0.2, 0.25) is 0 Å². The maximum atomic E-state index is 13.5. The van der Waals surface area contributed by atoms with Gasteiger partial charge in [-0.2, -0.15) is 0 Å². The summed E-state index contributed by atoms with van der Waals surface area (Å²) in [6.45, 7) is 9.88. The van der Waals surface area contributed by atoms with Crippen molar-refractivity contribution in [3.8, 4) is 11.4 Å². The first-order valence-corrected chi connectivity index (χ1v) is 16.4. The van der Waals surface area contributed by atoms with Gasteiger partial charge in [0.2, 0.25) is 10.0 Å². The number of hydrogen-bond donors (Lipinski definition) is 3. The van der Waals surface area contributed by atoms with E-state index >= 15 is 0 Å². The highest BCUT2D eigenvalue weighted by atomic mass is 32.2. The van der Waals surface area contributed by atoms with Crippen molar-refractivity contribution in [3.63, 3.8) is 0 Å². The maximum Gasteiger partial charge on any atom is 0.273 e. The highest BCUT2D eigenvalue weighted by Gasteiger charge is 2.25. The molecule has 2 amide bonds. The van der Waals surface area contributed by atoms with Crippen molar-refractivity contribution in [3.05, 3.63) is 58.9 Å². The van der Waals surface area contributed by atoms with E-state index in [9.17, 15) is 18.0 Å². The van der Waals surface area contributed by atoms with Gasteiger partial charge in [0.25, 0.3) is 11.8 Å². The average Bonchev–Trinajstić information content (AvgIpc) is 3.42. The second-order valence-corrected chi connectivity index (χ2v) is 14.1. The fraction of sp³-hybridized carbons (Fsp3) is 0.484. The summed E-state index contributed by atoms with van der Waals surface area (Å²) in [5.41, 5.74) is 2.95. The SMILES string of the molecule is COc1c(NC(=O)c2ccc(C)c(-n3cc(C(=O)N[C@H](C)C4CCCCC4)nn3)c2)cc(C(C)(C)C)cc1NS(C)(=O)=O. The van der Waals surface area contributed by atoms with Gasteiger partial charge in [0.15, 0.2) is 11.4 Å². The van der Waals surface area contributed by atoms with Crippen LogP contribution in [-0.4, -0.2) is 54.6 Å². The Labute approximate surface area is 253 Å². The first-order valence-electron chi connectivity index (χ1n) is 14.5. The van der Waals surface area contributed by atoms with Crippen LogP contribution < -0.4 is 20.1 Å². The number of aryl methyl sites for hydroxylation is 1. The van der Waals surface area contributed by atoms with E-state index in [0.29, 0.717) is 22.9 Å². The summed E-state index contributed by atoms with van der Waals surface area (Å²) in [5, 5.41) is 14.2. The van der Waals surface area contributed by atoms with E-state index in [0.717, 1.165) is 30.2 Å². The highest BCUT2D eigenvalue weighted by molar-refractivity contribution is 7.92. The minimum absolute atomic E-state index is 0.0497. The van der Waals surface area contributed by atoms with Gasteiger partial charge in [-0.15, -0.1) is 5.10 Å². The third kappa shape index (κ3) is 7.92. The molecule has 232 valence electrons. The Morgan fingerprint density at radius 1 is 1.05 bits per heavy atom. The number of carbonyl (C=O) groups is 2. The molecule has 0 aliphatic heterocycles. The summed E-state index contributed by atoms with van der Waals surface area (Å²) in [4.78, 5) is 26.4. The van der Waals surface area contributed by atoms with Gasteiger partial charge in [-0.3, -0.25) is 14.3 Å². The van der Waals surface area contributed by atoms with E-state index in [-0.39, 0.29) is 34.5 Å². The zero-order valence-corrected chi connectivity index (χ0v) is 26.8. The number of sulfonamides is 1. The Balaban J connectivity index is 1.59. The molecule has 3 N–H and O–H groups in total. The minimum Gasteiger partial charge on any atom is -0.492 e. The second kappa shape index (κ2) is 12.7. The van der Waals surface area contributed by atoms with Gasteiger partial charge in [0.1, 0.15) is 0 Å². The van der Waals surface area contributed by atoms with Crippen LogP contribution in [0.3, 0.4) is 0 Å². The molecule has 2 aromatic carbocycles. The molecule has 0 spiro atoms. The molecule has 0 radical (unpaired) electrons. The normalized spacial score (nSPS) is 15.0. The molecule has 1 aliphatic rings. The standard InChI is InChI=1S/C31H42N6O5S/c1-19-13-14-22(15-27(19)37-18-26(34-36-37)30(39)32-20(2)21-11-9-8-10-12-21)29(38)33-24-16-23(31(3,4)5)17-25(28(24)42-6)35-43(7,40)41/h13-18,20-21,35H,8-12H2,1-7H3,(H,32,39)(H,33,38)/t20-/m1/s1. The lowest BCUT2D eigenvalue weighted by Gasteiger charge is -2.27. The number of ether oxygens (including phenoxy) is 1. The van der Waals surface area contributed by atoms with Crippen LogP contribution >= 0.6 is 0 Å². The Kier molecular flexibility index (Phi) is 9.48. The molecule has 1 atom stereocenters. The highest BCUT2D eigenvalue weighted by Crippen LogP contribution is 2.39. The summed E-state index contributed by atoms with van der Waals surface area (Å²) >= 11 is 0. The van der Waals surface area contributed by atoms with Gasteiger partial charge in [-0.1, -0.05) is 51.3 Å². The van der Waals surface area contributed by atoms with Gasteiger partial charge >= 0.3 is 0 Å².